The summed E-state index contributed by atoms with van der Waals surface area (Å²) < 4.78 is 25.9. The summed E-state index contributed by atoms with van der Waals surface area (Å²) in [7, 11) is 0. The summed E-state index contributed by atoms with van der Waals surface area (Å²) in [5.41, 5.74) is 1.34. The van der Waals surface area contributed by atoms with Crippen molar-refractivity contribution in [2.75, 3.05) is 26.3 Å². The van der Waals surface area contributed by atoms with Crippen molar-refractivity contribution in [2.45, 2.75) is 37.2 Å². The highest BCUT2D eigenvalue weighted by molar-refractivity contribution is 7.20. The molecular formula is C24H25FN2O3S. The third kappa shape index (κ3) is 4.04. The number of hydrogen-bond acceptors (Lipinski definition) is 5. The Kier molecular flexibility index (Phi) is 5.63. The molecule has 2 aromatic carbocycles. The molecule has 0 atom stereocenters. The second-order valence-corrected chi connectivity index (χ2v) is 9.25. The summed E-state index contributed by atoms with van der Waals surface area (Å²) in [6.07, 6.45) is 2.97. The molecule has 2 saturated heterocycles. The number of halogens is 1. The number of nitrogens with zero attached hydrogens (tertiary/aromatic N) is 2. The van der Waals surface area contributed by atoms with E-state index >= 15 is 0 Å². The largest absolute Gasteiger partial charge is 0.467 e. The van der Waals surface area contributed by atoms with Crippen molar-refractivity contribution < 1.29 is 18.7 Å². The number of piperidine rings is 1. The first-order valence-electron chi connectivity index (χ1n) is 10.8. The molecule has 3 heterocycles. The maximum absolute atomic E-state index is 13.7. The molecule has 162 valence electrons. The lowest BCUT2D eigenvalue weighted by atomic mass is 9.72. The first-order valence-corrected chi connectivity index (χ1v) is 11.6. The summed E-state index contributed by atoms with van der Waals surface area (Å²) in [6, 6.07) is 14.7. The van der Waals surface area contributed by atoms with Crippen molar-refractivity contribution in [3.63, 3.8) is 0 Å². The minimum Gasteiger partial charge on any atom is -0.467 e. The van der Waals surface area contributed by atoms with Crippen LogP contribution in [0.3, 0.4) is 0 Å². The third-order valence-electron chi connectivity index (χ3n) is 6.41. The molecule has 1 aromatic heterocycles. The molecule has 0 radical (unpaired) electrons. The molecule has 0 aliphatic carbocycles. The zero-order chi connectivity index (χ0) is 21.3. The first kappa shape index (κ1) is 20.4. The van der Waals surface area contributed by atoms with E-state index in [4.69, 9.17) is 9.47 Å². The molecule has 2 aliphatic rings. The van der Waals surface area contributed by atoms with Crippen molar-refractivity contribution in [2.24, 2.45) is 0 Å². The predicted octanol–water partition coefficient (Wildman–Crippen LogP) is 4.55. The molecule has 2 fully saturated rings. The molecule has 0 spiro atoms. The molecule has 31 heavy (non-hydrogen) atoms. The van der Waals surface area contributed by atoms with Crippen LogP contribution in [-0.2, 0) is 14.9 Å². The SMILES string of the molecule is O=C(N1CCC(Oc2nc3ccc(F)cc3s2)CC1)C1(c2ccccc2)CCOCC1. The molecule has 1 amide bonds. The molecule has 5 rings (SSSR count). The second-order valence-electron chi connectivity index (χ2n) is 8.26. The van der Waals surface area contributed by atoms with E-state index in [1.807, 2.05) is 23.1 Å². The minimum atomic E-state index is -0.496. The molecule has 2 aliphatic heterocycles. The summed E-state index contributed by atoms with van der Waals surface area (Å²) in [6.45, 7) is 2.55. The van der Waals surface area contributed by atoms with Gasteiger partial charge in [0.2, 0.25) is 5.91 Å². The van der Waals surface area contributed by atoms with Crippen LogP contribution in [0, 0.1) is 5.82 Å². The van der Waals surface area contributed by atoms with Crippen LogP contribution in [0.4, 0.5) is 4.39 Å². The topological polar surface area (TPSA) is 51.7 Å². The monoisotopic (exact) mass is 440 g/mol. The number of rotatable bonds is 4. The Balaban J connectivity index is 1.26. The van der Waals surface area contributed by atoms with Crippen LogP contribution in [0.5, 0.6) is 5.19 Å². The predicted molar refractivity (Wildman–Crippen MR) is 118 cm³/mol. The Hall–Kier alpha value is -2.51. The molecule has 0 bridgehead atoms. The van der Waals surface area contributed by atoms with E-state index in [1.165, 1.54) is 23.5 Å². The average molecular weight is 441 g/mol. The highest BCUT2D eigenvalue weighted by Gasteiger charge is 2.44. The van der Waals surface area contributed by atoms with Gasteiger partial charge in [-0.3, -0.25) is 4.79 Å². The van der Waals surface area contributed by atoms with Gasteiger partial charge in [-0.25, -0.2) is 9.37 Å². The van der Waals surface area contributed by atoms with E-state index in [2.05, 4.69) is 17.1 Å². The van der Waals surface area contributed by atoms with E-state index < -0.39 is 5.41 Å². The minimum absolute atomic E-state index is 0.0109. The van der Waals surface area contributed by atoms with E-state index in [9.17, 15) is 9.18 Å². The maximum Gasteiger partial charge on any atom is 0.274 e. The van der Waals surface area contributed by atoms with E-state index in [0.717, 1.165) is 28.6 Å². The van der Waals surface area contributed by atoms with Gasteiger partial charge in [0.1, 0.15) is 11.9 Å². The van der Waals surface area contributed by atoms with Gasteiger partial charge in [-0.15, -0.1) is 0 Å². The second kappa shape index (κ2) is 8.55. The Morgan fingerprint density at radius 1 is 1.13 bits per heavy atom. The van der Waals surface area contributed by atoms with Crippen molar-refractivity contribution in [3.05, 3.63) is 59.9 Å². The molecular weight excluding hydrogens is 415 g/mol. The fourth-order valence-corrected chi connectivity index (χ4v) is 5.56. The van der Waals surface area contributed by atoms with Gasteiger partial charge in [0.05, 0.1) is 15.6 Å². The molecule has 0 saturated carbocycles. The van der Waals surface area contributed by atoms with Crippen LogP contribution in [0.15, 0.2) is 48.5 Å². The number of ether oxygens (including phenoxy) is 2. The van der Waals surface area contributed by atoms with Gasteiger partial charge in [-0.1, -0.05) is 41.7 Å². The van der Waals surface area contributed by atoms with Crippen LogP contribution in [0.1, 0.15) is 31.2 Å². The summed E-state index contributed by atoms with van der Waals surface area (Å²) in [5, 5.41) is 0.565. The zero-order valence-electron chi connectivity index (χ0n) is 17.3. The first-order chi connectivity index (χ1) is 15.1. The normalized spacial score (nSPS) is 19.5. The van der Waals surface area contributed by atoms with Crippen molar-refractivity contribution in [1.29, 1.82) is 0 Å². The van der Waals surface area contributed by atoms with Crippen LogP contribution in [0.25, 0.3) is 10.2 Å². The van der Waals surface area contributed by atoms with Crippen molar-refractivity contribution >= 4 is 27.5 Å². The number of amides is 1. The van der Waals surface area contributed by atoms with Crippen molar-refractivity contribution in [3.8, 4) is 5.19 Å². The van der Waals surface area contributed by atoms with Gasteiger partial charge in [0.25, 0.3) is 5.19 Å². The van der Waals surface area contributed by atoms with Crippen molar-refractivity contribution in [1.82, 2.24) is 9.88 Å². The quantitative estimate of drug-likeness (QED) is 0.597. The summed E-state index contributed by atoms with van der Waals surface area (Å²) >= 11 is 1.36. The summed E-state index contributed by atoms with van der Waals surface area (Å²) in [5.74, 6) is -0.0640. The molecule has 7 heteroatoms. The number of fused-ring (bicyclic) bond motifs is 1. The lowest BCUT2D eigenvalue weighted by molar-refractivity contribution is -0.143. The van der Waals surface area contributed by atoms with E-state index in [0.29, 0.717) is 44.3 Å². The number of carbonyl (C=O) groups excluding carboxylic acids is 1. The fourth-order valence-electron chi connectivity index (χ4n) is 4.65. The van der Waals surface area contributed by atoms with E-state index in [1.54, 1.807) is 6.07 Å². The van der Waals surface area contributed by atoms with Gasteiger partial charge < -0.3 is 14.4 Å². The molecule has 3 aromatic rings. The Morgan fingerprint density at radius 2 is 1.87 bits per heavy atom. The number of carbonyl (C=O) groups is 1. The Bertz CT molecular complexity index is 1060. The highest BCUT2D eigenvalue weighted by Crippen LogP contribution is 2.38. The number of hydrogen-bond donors (Lipinski definition) is 0. The molecule has 0 N–H and O–H groups in total. The van der Waals surface area contributed by atoms with Crippen LogP contribution in [0.2, 0.25) is 0 Å². The van der Waals surface area contributed by atoms with Gasteiger partial charge in [-0.05, 0) is 36.6 Å². The Morgan fingerprint density at radius 3 is 2.61 bits per heavy atom. The third-order valence-corrected chi connectivity index (χ3v) is 7.32. The number of thiazole rings is 1. The number of aromatic nitrogens is 1. The van der Waals surface area contributed by atoms with Gasteiger partial charge in [0, 0.05) is 39.1 Å². The number of likely N-dealkylation sites (tertiary alicyclic amines) is 1. The zero-order valence-corrected chi connectivity index (χ0v) is 18.1. The van der Waals surface area contributed by atoms with E-state index in [-0.39, 0.29) is 17.8 Å². The molecule has 5 nitrogen and oxygen atoms in total. The molecule has 0 unspecified atom stereocenters. The fraction of sp³-hybridized carbons (Fsp3) is 0.417. The lowest BCUT2D eigenvalue weighted by Gasteiger charge is -2.42. The van der Waals surface area contributed by atoms with Gasteiger partial charge >= 0.3 is 0 Å². The van der Waals surface area contributed by atoms with Gasteiger partial charge in [0.15, 0.2) is 0 Å². The van der Waals surface area contributed by atoms with Gasteiger partial charge in [-0.2, -0.15) is 0 Å². The highest BCUT2D eigenvalue weighted by atomic mass is 32.1. The summed E-state index contributed by atoms with van der Waals surface area (Å²) in [4.78, 5) is 20.1. The van der Waals surface area contributed by atoms with Crippen LogP contribution < -0.4 is 4.74 Å². The maximum atomic E-state index is 13.7. The smallest absolute Gasteiger partial charge is 0.274 e. The Labute approximate surface area is 184 Å². The number of benzene rings is 2. The average Bonchev–Trinajstić information content (AvgIpc) is 3.21. The van der Waals surface area contributed by atoms with Crippen LogP contribution >= 0.6 is 11.3 Å². The standard InChI is InChI=1S/C24H25FN2O3S/c25-18-6-7-20-21(16-18)31-23(26-20)30-19-8-12-27(13-9-19)22(28)24(10-14-29-15-11-24)17-4-2-1-3-5-17/h1-7,16,19H,8-15H2. The lowest BCUT2D eigenvalue weighted by Crippen LogP contribution is -2.53. The van der Waals surface area contributed by atoms with Crippen LogP contribution in [-0.4, -0.2) is 48.2 Å².